The van der Waals surface area contributed by atoms with Crippen LogP contribution in [0.25, 0.3) is 0 Å². The van der Waals surface area contributed by atoms with Crippen molar-refractivity contribution in [2.45, 2.75) is 43.9 Å². The van der Waals surface area contributed by atoms with Gasteiger partial charge in [-0.2, -0.15) is 43.8 Å². The second-order valence-electron chi connectivity index (χ2n) is 9.03. The lowest BCUT2D eigenvalue weighted by Gasteiger charge is -2.38. The number of benzene rings is 2. The first-order chi connectivity index (χ1) is 19.0. The van der Waals surface area contributed by atoms with E-state index in [0.717, 1.165) is 6.92 Å². The van der Waals surface area contributed by atoms with Crippen molar-refractivity contribution in [1.82, 2.24) is 9.62 Å². The molecule has 0 aliphatic carbocycles. The molecule has 0 spiro atoms. The van der Waals surface area contributed by atoms with Gasteiger partial charge in [-0.25, -0.2) is 12.8 Å². The van der Waals surface area contributed by atoms with Crippen molar-refractivity contribution < 1.29 is 62.0 Å². The van der Waals surface area contributed by atoms with Gasteiger partial charge in [-0.3, -0.25) is 4.79 Å². The summed E-state index contributed by atoms with van der Waals surface area (Å²) in [6.07, 6.45) is -13.8. The van der Waals surface area contributed by atoms with Gasteiger partial charge in [-0.15, -0.1) is 0 Å². The Morgan fingerprint density at radius 2 is 1.67 bits per heavy atom. The zero-order chi connectivity index (χ0) is 32.0. The van der Waals surface area contributed by atoms with Crippen LogP contribution in [0.4, 0.5) is 43.9 Å². The minimum Gasteiger partial charge on any atom is -0.377 e. The molecule has 1 unspecified atom stereocenters. The van der Waals surface area contributed by atoms with E-state index >= 15 is 0 Å². The number of carbonyl (C=O) groups excluding carboxylic acids is 1. The molecule has 0 bridgehead atoms. The van der Waals surface area contributed by atoms with Crippen molar-refractivity contribution in [3.8, 4) is 0 Å². The lowest BCUT2D eigenvalue weighted by molar-refractivity contribution is -0.225. The van der Waals surface area contributed by atoms with Crippen molar-refractivity contribution in [3.63, 3.8) is 0 Å². The molecule has 1 atom stereocenters. The summed E-state index contributed by atoms with van der Waals surface area (Å²) in [4.78, 5) is 17.0. The number of oxime groups is 1. The van der Waals surface area contributed by atoms with E-state index < -0.39 is 81.0 Å². The van der Waals surface area contributed by atoms with Crippen LogP contribution in [0.15, 0.2) is 35.5 Å². The maximum absolute atomic E-state index is 14.4. The molecule has 3 rings (SSSR count). The van der Waals surface area contributed by atoms with Gasteiger partial charge in [0.25, 0.3) is 5.91 Å². The van der Waals surface area contributed by atoms with Crippen LogP contribution in [-0.2, 0) is 21.0 Å². The van der Waals surface area contributed by atoms with E-state index in [4.69, 9.17) is 11.6 Å². The predicted octanol–water partition coefficient (Wildman–Crippen LogP) is 6.11. The van der Waals surface area contributed by atoms with Crippen LogP contribution in [0.3, 0.4) is 0 Å². The van der Waals surface area contributed by atoms with Gasteiger partial charge in [0.2, 0.25) is 6.10 Å². The molecule has 1 amide bonds. The molecule has 0 saturated carbocycles. The van der Waals surface area contributed by atoms with Crippen molar-refractivity contribution >= 4 is 33.2 Å². The molecule has 2 aromatic carbocycles. The Balaban J connectivity index is 1.77. The molecule has 1 fully saturated rings. The molecule has 42 heavy (non-hydrogen) atoms. The topological polar surface area (TPSA) is 88.1 Å². The number of amides is 1. The summed E-state index contributed by atoms with van der Waals surface area (Å²) in [6, 6.07) is 2.76. The van der Waals surface area contributed by atoms with Crippen LogP contribution in [0.1, 0.15) is 45.6 Å². The van der Waals surface area contributed by atoms with Crippen molar-refractivity contribution in [1.29, 1.82) is 0 Å². The van der Waals surface area contributed by atoms with Crippen molar-refractivity contribution in [2.75, 3.05) is 13.1 Å². The lowest BCUT2D eigenvalue weighted by Crippen LogP contribution is -2.62. The number of nitrogens with zero attached hydrogens (tertiary/aromatic N) is 2. The molecule has 1 aliphatic rings. The van der Waals surface area contributed by atoms with Crippen LogP contribution >= 0.6 is 11.6 Å². The Bertz CT molecular complexity index is 1500. The Morgan fingerprint density at radius 1 is 1.07 bits per heavy atom. The van der Waals surface area contributed by atoms with Gasteiger partial charge in [-0.1, -0.05) is 22.8 Å². The van der Waals surface area contributed by atoms with Crippen LogP contribution in [0.5, 0.6) is 0 Å². The SMILES string of the molecule is C/C(=N\OC(c1cc(C(F)(F)F)cc(Cl)c1F)C(F)(F)F)c1ccc(C(=O)NC2CN(S(=O)(=O)C(F)(F)F)C2)c(C)c1. The minimum absolute atomic E-state index is 0.0153. The normalized spacial score (nSPS) is 16.6. The van der Waals surface area contributed by atoms with Gasteiger partial charge in [0.05, 0.1) is 22.3 Å². The van der Waals surface area contributed by atoms with Crippen molar-refractivity contribution in [2.24, 2.45) is 5.16 Å². The van der Waals surface area contributed by atoms with Gasteiger partial charge in [0, 0.05) is 24.2 Å². The lowest BCUT2D eigenvalue weighted by atomic mass is 10.0. The summed E-state index contributed by atoms with van der Waals surface area (Å²) in [5, 5.41) is 4.42. The van der Waals surface area contributed by atoms with Gasteiger partial charge < -0.3 is 10.2 Å². The molecule has 1 aliphatic heterocycles. The molecule has 0 aromatic heterocycles. The number of alkyl halides is 9. The first-order valence-electron chi connectivity index (χ1n) is 11.4. The summed E-state index contributed by atoms with van der Waals surface area (Å²) in [7, 11) is -5.54. The van der Waals surface area contributed by atoms with E-state index in [1.807, 2.05) is 0 Å². The summed E-state index contributed by atoms with van der Waals surface area (Å²) in [5.74, 6) is -2.58. The van der Waals surface area contributed by atoms with E-state index in [1.54, 1.807) is 0 Å². The minimum atomic E-state index is -5.54. The van der Waals surface area contributed by atoms with Gasteiger partial charge >= 0.3 is 27.9 Å². The largest absolute Gasteiger partial charge is 0.511 e. The zero-order valence-corrected chi connectivity index (χ0v) is 22.6. The van der Waals surface area contributed by atoms with E-state index in [2.05, 4.69) is 15.3 Å². The highest BCUT2D eigenvalue weighted by Gasteiger charge is 2.53. The second kappa shape index (κ2) is 11.5. The third kappa shape index (κ3) is 7.08. The van der Waals surface area contributed by atoms with Gasteiger partial charge in [0.15, 0.2) is 0 Å². The van der Waals surface area contributed by atoms with Crippen molar-refractivity contribution in [3.05, 3.63) is 69.0 Å². The van der Waals surface area contributed by atoms with E-state index in [1.165, 1.54) is 25.1 Å². The number of halogens is 11. The van der Waals surface area contributed by atoms with E-state index in [9.17, 15) is 57.1 Å². The summed E-state index contributed by atoms with van der Waals surface area (Å²) >= 11 is 5.38. The number of carbonyl (C=O) groups is 1. The first kappa shape index (κ1) is 33.4. The molecule has 1 saturated heterocycles. The quantitative estimate of drug-likeness (QED) is 0.221. The summed E-state index contributed by atoms with van der Waals surface area (Å²) in [6.45, 7) is 1.31. The maximum atomic E-state index is 14.4. The van der Waals surface area contributed by atoms with Crippen LogP contribution in [-0.4, -0.2) is 55.2 Å². The average Bonchev–Trinajstić information content (AvgIpc) is 2.80. The fraction of sp³-hybridized carbons (Fsp3) is 0.391. The third-order valence-electron chi connectivity index (χ3n) is 5.96. The molecule has 19 heteroatoms. The summed E-state index contributed by atoms with van der Waals surface area (Å²) in [5.41, 5.74) is -8.68. The highest BCUT2D eigenvalue weighted by Crippen LogP contribution is 2.42. The first-order valence-corrected chi connectivity index (χ1v) is 13.2. The molecule has 1 N–H and O–H groups in total. The number of sulfonamides is 1. The van der Waals surface area contributed by atoms with E-state index in [0.29, 0.717) is 0 Å². The van der Waals surface area contributed by atoms with Crippen LogP contribution < -0.4 is 5.32 Å². The number of hydrogen-bond acceptors (Lipinski definition) is 5. The highest BCUT2D eigenvalue weighted by atomic mass is 35.5. The second-order valence-corrected chi connectivity index (χ2v) is 11.4. The van der Waals surface area contributed by atoms with Gasteiger partial charge in [0.1, 0.15) is 5.82 Å². The molecule has 2 aromatic rings. The highest BCUT2D eigenvalue weighted by molar-refractivity contribution is 7.90. The fourth-order valence-corrected chi connectivity index (χ4v) is 4.99. The monoisotopic (exact) mass is 657 g/mol. The maximum Gasteiger partial charge on any atom is 0.511 e. The molecule has 0 radical (unpaired) electrons. The number of hydrogen-bond donors (Lipinski definition) is 1. The Kier molecular flexibility index (Phi) is 9.16. The Labute approximate surface area is 236 Å². The standard InChI is InChI=1S/C23H18ClF10N3O4S/c1-10-5-12(3-4-15(10)20(38)35-14-8-37(9-14)42(39,40)23(32,33)34)11(2)36-41-19(22(29,30)31)16-6-13(21(26,27)28)7-17(24)18(16)25/h3-7,14,19H,8-9H2,1-2H3,(H,35,38)/b36-11+. The predicted molar refractivity (Wildman–Crippen MR) is 127 cm³/mol. The molecular formula is C23H18ClF10N3O4S. The number of aryl methyl sites for hydroxylation is 1. The molecular weight excluding hydrogens is 640 g/mol. The Morgan fingerprint density at radius 3 is 2.17 bits per heavy atom. The van der Waals surface area contributed by atoms with E-state index in [-0.39, 0.29) is 38.8 Å². The number of rotatable bonds is 7. The molecule has 1 heterocycles. The third-order valence-corrected chi connectivity index (χ3v) is 7.80. The van der Waals surface area contributed by atoms with Gasteiger partial charge in [-0.05, 0) is 49.2 Å². The molecule has 232 valence electrons. The number of nitrogens with one attached hydrogen (secondary N) is 1. The zero-order valence-electron chi connectivity index (χ0n) is 21.0. The molecule has 7 nitrogen and oxygen atoms in total. The average molecular weight is 658 g/mol. The Hall–Kier alpha value is -3.12. The van der Waals surface area contributed by atoms with Crippen LogP contribution in [0, 0.1) is 12.7 Å². The fourth-order valence-electron chi connectivity index (χ4n) is 3.72. The summed E-state index contributed by atoms with van der Waals surface area (Å²) < 4.78 is 155. The smallest absolute Gasteiger partial charge is 0.377 e. The van der Waals surface area contributed by atoms with Crippen LogP contribution in [0.2, 0.25) is 5.02 Å².